The van der Waals surface area contributed by atoms with Crippen LogP contribution in [0.1, 0.15) is 32.6 Å². The number of likely N-dealkylation sites (tertiary alicyclic amines) is 2. The molecule has 2 rings (SSSR count). The lowest BCUT2D eigenvalue weighted by Crippen LogP contribution is -2.43. The molecule has 18 heavy (non-hydrogen) atoms. The zero-order chi connectivity index (χ0) is 13.0. The zero-order valence-corrected chi connectivity index (χ0v) is 12.5. The number of nitrogens with one attached hydrogen (secondary N) is 1. The van der Waals surface area contributed by atoms with Gasteiger partial charge in [0, 0.05) is 6.54 Å². The molecule has 3 nitrogen and oxygen atoms in total. The molecule has 3 heteroatoms. The van der Waals surface area contributed by atoms with Crippen molar-refractivity contribution >= 4 is 0 Å². The molecular weight excluding hydrogens is 222 g/mol. The highest BCUT2D eigenvalue weighted by atomic mass is 15.1. The molecule has 0 amide bonds. The number of rotatable bonds is 4. The van der Waals surface area contributed by atoms with Crippen molar-refractivity contribution in [2.24, 2.45) is 11.3 Å². The molecule has 1 N–H and O–H groups in total. The average Bonchev–Trinajstić information content (AvgIpc) is 2.36. The SMILES string of the molecule is CN1CCC(CNCC2(C)CCN(C)CC2)CC1. The lowest BCUT2D eigenvalue weighted by atomic mass is 9.80. The maximum absolute atomic E-state index is 3.76. The summed E-state index contributed by atoms with van der Waals surface area (Å²) in [5.74, 6) is 0.913. The van der Waals surface area contributed by atoms with Crippen molar-refractivity contribution in [3.05, 3.63) is 0 Å². The molecule has 0 aromatic heterocycles. The Morgan fingerprint density at radius 1 is 1.00 bits per heavy atom. The van der Waals surface area contributed by atoms with Crippen LogP contribution in [-0.2, 0) is 0 Å². The maximum atomic E-state index is 3.76. The van der Waals surface area contributed by atoms with Gasteiger partial charge in [0.15, 0.2) is 0 Å². The van der Waals surface area contributed by atoms with Gasteiger partial charge in [-0.3, -0.25) is 0 Å². The van der Waals surface area contributed by atoms with E-state index in [0.29, 0.717) is 5.41 Å². The van der Waals surface area contributed by atoms with E-state index in [-0.39, 0.29) is 0 Å². The lowest BCUT2D eigenvalue weighted by molar-refractivity contribution is 0.132. The molecule has 0 bridgehead atoms. The van der Waals surface area contributed by atoms with Crippen LogP contribution in [0.4, 0.5) is 0 Å². The fourth-order valence-electron chi connectivity index (χ4n) is 3.18. The third kappa shape index (κ3) is 4.22. The molecule has 2 saturated heterocycles. The zero-order valence-electron chi connectivity index (χ0n) is 12.5. The Morgan fingerprint density at radius 3 is 2.17 bits per heavy atom. The number of piperidine rings is 2. The molecule has 0 aromatic carbocycles. The van der Waals surface area contributed by atoms with E-state index >= 15 is 0 Å². The largest absolute Gasteiger partial charge is 0.316 e. The fourth-order valence-corrected chi connectivity index (χ4v) is 3.18. The van der Waals surface area contributed by atoms with Crippen molar-refractivity contribution in [3.63, 3.8) is 0 Å². The standard InChI is InChI=1S/C15H31N3/c1-15(6-10-18(3)11-7-15)13-16-12-14-4-8-17(2)9-5-14/h14,16H,4-13H2,1-3H3. The monoisotopic (exact) mass is 253 g/mol. The van der Waals surface area contributed by atoms with E-state index in [0.717, 1.165) is 5.92 Å². The van der Waals surface area contributed by atoms with Crippen molar-refractivity contribution in [1.82, 2.24) is 15.1 Å². The molecule has 106 valence electrons. The van der Waals surface area contributed by atoms with Crippen LogP contribution in [0.25, 0.3) is 0 Å². The van der Waals surface area contributed by atoms with Crippen molar-refractivity contribution in [2.45, 2.75) is 32.6 Å². The van der Waals surface area contributed by atoms with E-state index in [9.17, 15) is 0 Å². The van der Waals surface area contributed by atoms with Gasteiger partial charge in [-0.2, -0.15) is 0 Å². The number of hydrogen-bond donors (Lipinski definition) is 1. The summed E-state index contributed by atoms with van der Waals surface area (Å²) in [5, 5.41) is 3.76. The first kappa shape index (κ1) is 14.3. The molecule has 0 aromatic rings. The maximum Gasteiger partial charge on any atom is 0.000623 e. The second-order valence-corrected chi connectivity index (χ2v) is 6.99. The molecule has 0 atom stereocenters. The molecule has 0 saturated carbocycles. The van der Waals surface area contributed by atoms with Gasteiger partial charge >= 0.3 is 0 Å². The minimum absolute atomic E-state index is 0.540. The normalized spacial score (nSPS) is 27.5. The first-order chi connectivity index (χ1) is 8.57. The summed E-state index contributed by atoms with van der Waals surface area (Å²) in [4.78, 5) is 4.91. The molecular formula is C15H31N3. The molecule has 0 spiro atoms. The van der Waals surface area contributed by atoms with E-state index in [1.165, 1.54) is 65.0 Å². The van der Waals surface area contributed by atoms with E-state index in [4.69, 9.17) is 0 Å². The van der Waals surface area contributed by atoms with E-state index < -0.39 is 0 Å². The molecule has 2 aliphatic heterocycles. The summed E-state index contributed by atoms with van der Waals surface area (Å²) in [6.45, 7) is 10.0. The predicted octanol–water partition coefficient (Wildman–Crippen LogP) is 1.65. The summed E-state index contributed by atoms with van der Waals surface area (Å²) in [6.07, 6.45) is 5.46. The van der Waals surface area contributed by atoms with Crippen molar-refractivity contribution in [2.75, 3.05) is 53.4 Å². The highest BCUT2D eigenvalue weighted by Crippen LogP contribution is 2.29. The van der Waals surface area contributed by atoms with Crippen LogP contribution in [0.2, 0.25) is 0 Å². The van der Waals surface area contributed by atoms with E-state index in [1.54, 1.807) is 0 Å². The van der Waals surface area contributed by atoms with Gasteiger partial charge in [-0.25, -0.2) is 0 Å². The minimum atomic E-state index is 0.540. The lowest BCUT2D eigenvalue weighted by Gasteiger charge is -2.38. The molecule has 2 fully saturated rings. The van der Waals surface area contributed by atoms with Gasteiger partial charge in [-0.15, -0.1) is 0 Å². The third-order valence-corrected chi connectivity index (χ3v) is 5.02. The van der Waals surface area contributed by atoms with Gasteiger partial charge in [0.05, 0.1) is 0 Å². The minimum Gasteiger partial charge on any atom is -0.316 e. The highest BCUT2D eigenvalue weighted by molar-refractivity contribution is 4.84. The number of nitrogens with zero attached hydrogens (tertiary/aromatic N) is 2. The van der Waals surface area contributed by atoms with Crippen LogP contribution in [0.5, 0.6) is 0 Å². The van der Waals surface area contributed by atoms with Crippen LogP contribution < -0.4 is 5.32 Å². The summed E-state index contributed by atoms with van der Waals surface area (Å²) in [6, 6.07) is 0. The van der Waals surface area contributed by atoms with Crippen molar-refractivity contribution in [1.29, 1.82) is 0 Å². The summed E-state index contributed by atoms with van der Waals surface area (Å²) in [5.41, 5.74) is 0.540. The van der Waals surface area contributed by atoms with Crippen LogP contribution in [0, 0.1) is 11.3 Å². The van der Waals surface area contributed by atoms with E-state index in [2.05, 4.69) is 36.1 Å². The summed E-state index contributed by atoms with van der Waals surface area (Å²) < 4.78 is 0. The Labute approximate surface area is 113 Å². The Bertz CT molecular complexity index is 238. The van der Waals surface area contributed by atoms with Gasteiger partial charge < -0.3 is 15.1 Å². The summed E-state index contributed by atoms with van der Waals surface area (Å²) >= 11 is 0. The predicted molar refractivity (Wildman–Crippen MR) is 77.9 cm³/mol. The Morgan fingerprint density at radius 2 is 1.56 bits per heavy atom. The van der Waals surface area contributed by atoms with Crippen molar-refractivity contribution in [3.8, 4) is 0 Å². The Balaban J connectivity index is 1.63. The van der Waals surface area contributed by atoms with Crippen LogP contribution in [0.15, 0.2) is 0 Å². The first-order valence-corrected chi connectivity index (χ1v) is 7.65. The Kier molecular flexibility index (Phi) is 5.05. The quantitative estimate of drug-likeness (QED) is 0.822. The van der Waals surface area contributed by atoms with Crippen molar-refractivity contribution < 1.29 is 0 Å². The molecule has 0 radical (unpaired) electrons. The number of hydrogen-bond acceptors (Lipinski definition) is 3. The topological polar surface area (TPSA) is 18.5 Å². The second kappa shape index (κ2) is 6.36. The summed E-state index contributed by atoms with van der Waals surface area (Å²) in [7, 11) is 4.48. The van der Waals surface area contributed by atoms with Gasteiger partial charge in [0.25, 0.3) is 0 Å². The van der Waals surface area contributed by atoms with Crippen LogP contribution >= 0.6 is 0 Å². The van der Waals surface area contributed by atoms with Crippen LogP contribution in [-0.4, -0.2) is 63.2 Å². The highest BCUT2D eigenvalue weighted by Gasteiger charge is 2.28. The first-order valence-electron chi connectivity index (χ1n) is 7.65. The smallest absolute Gasteiger partial charge is 0.000623 e. The van der Waals surface area contributed by atoms with Gasteiger partial charge in [0.1, 0.15) is 0 Å². The van der Waals surface area contributed by atoms with E-state index in [1.807, 2.05) is 0 Å². The van der Waals surface area contributed by atoms with Gasteiger partial charge in [-0.05, 0) is 83.8 Å². The third-order valence-electron chi connectivity index (χ3n) is 5.02. The molecule has 2 heterocycles. The van der Waals surface area contributed by atoms with Gasteiger partial charge in [-0.1, -0.05) is 6.92 Å². The molecule has 0 unspecified atom stereocenters. The molecule has 0 aliphatic carbocycles. The fraction of sp³-hybridized carbons (Fsp3) is 1.00. The Hall–Kier alpha value is -0.120. The van der Waals surface area contributed by atoms with Gasteiger partial charge in [0.2, 0.25) is 0 Å². The average molecular weight is 253 g/mol. The molecule has 2 aliphatic rings. The van der Waals surface area contributed by atoms with Crippen LogP contribution in [0.3, 0.4) is 0 Å². The second-order valence-electron chi connectivity index (χ2n) is 6.99.